The van der Waals surface area contributed by atoms with Crippen LogP contribution in [-0.4, -0.2) is 72.3 Å². The van der Waals surface area contributed by atoms with Crippen LogP contribution in [0, 0.1) is 5.92 Å². The second-order valence-corrected chi connectivity index (χ2v) is 12.7. The average Bonchev–Trinajstić information content (AvgIpc) is 3.78. The molecule has 11 nitrogen and oxygen atoms in total. The molecule has 1 aromatic carbocycles. The number of nitrogens with zero attached hydrogens (tertiary/aromatic N) is 9. The lowest BCUT2D eigenvalue weighted by Crippen LogP contribution is -2.39. The van der Waals surface area contributed by atoms with Crippen LogP contribution < -0.4 is 14.7 Å². The molecule has 266 valence electrons. The third kappa shape index (κ3) is 7.56. The minimum absolute atomic E-state index is 0.105. The number of rotatable bonds is 9. The molecule has 0 amide bonds. The molecular weight excluding hydrogens is 692 g/mol. The number of carboxylic acid groups (broad SMARTS) is 1. The number of aromatic nitrogens is 6. The minimum atomic E-state index is -5.01. The van der Waals surface area contributed by atoms with Gasteiger partial charge in [0.2, 0.25) is 11.9 Å². The summed E-state index contributed by atoms with van der Waals surface area (Å²) in [7, 11) is 0. The molecule has 0 aliphatic carbocycles. The number of piperidine rings is 1. The number of alkyl halides is 6. The molecule has 0 bridgehead atoms. The Morgan fingerprint density at radius 1 is 1.00 bits per heavy atom. The topological polar surface area (TPSA) is 116 Å². The largest absolute Gasteiger partial charge is 0.481 e. The Kier molecular flexibility index (Phi) is 9.79. The van der Waals surface area contributed by atoms with Gasteiger partial charge in [0, 0.05) is 44.6 Å². The van der Waals surface area contributed by atoms with Crippen molar-refractivity contribution in [2.24, 2.45) is 5.92 Å². The Bertz CT molecular complexity index is 1770. The molecule has 0 radical (unpaired) electrons. The van der Waals surface area contributed by atoms with E-state index in [2.05, 4.69) is 19.9 Å². The zero-order valence-electron chi connectivity index (χ0n) is 26.6. The van der Waals surface area contributed by atoms with Gasteiger partial charge in [0.05, 0.1) is 53.7 Å². The highest BCUT2D eigenvalue weighted by Gasteiger charge is 2.40. The van der Waals surface area contributed by atoms with Gasteiger partial charge in [0.25, 0.3) is 0 Å². The molecular formula is C32H32ClF6N9O2. The van der Waals surface area contributed by atoms with E-state index in [0.29, 0.717) is 68.4 Å². The maximum absolute atomic E-state index is 13.8. The van der Waals surface area contributed by atoms with Crippen LogP contribution >= 0.6 is 11.6 Å². The summed E-state index contributed by atoms with van der Waals surface area (Å²) in [5, 5.41) is 9.64. The number of aliphatic carboxylic acids is 1. The van der Waals surface area contributed by atoms with Gasteiger partial charge in [-0.15, -0.1) is 0 Å². The Labute approximate surface area is 287 Å². The molecule has 2 fully saturated rings. The summed E-state index contributed by atoms with van der Waals surface area (Å²) in [6.07, 6.45) is 1.13. The molecule has 5 heterocycles. The van der Waals surface area contributed by atoms with Crippen LogP contribution in [-0.2, 0) is 23.7 Å². The van der Waals surface area contributed by atoms with Crippen molar-refractivity contribution >= 4 is 35.3 Å². The maximum atomic E-state index is 13.8. The monoisotopic (exact) mass is 723 g/mol. The van der Waals surface area contributed by atoms with E-state index in [9.17, 15) is 36.2 Å². The number of benzene rings is 1. The summed E-state index contributed by atoms with van der Waals surface area (Å²) in [6, 6.07) is 0.884. The zero-order valence-corrected chi connectivity index (χ0v) is 27.4. The smallest absolute Gasteiger partial charge is 0.416 e. The van der Waals surface area contributed by atoms with Crippen molar-refractivity contribution in [1.82, 2.24) is 29.5 Å². The first-order valence-electron chi connectivity index (χ1n) is 15.8. The molecule has 2 saturated heterocycles. The van der Waals surface area contributed by atoms with Crippen LogP contribution in [0.4, 0.5) is 44.1 Å². The second-order valence-electron chi connectivity index (χ2n) is 12.3. The molecule has 50 heavy (non-hydrogen) atoms. The Morgan fingerprint density at radius 2 is 1.66 bits per heavy atom. The molecule has 2 aliphatic heterocycles. The van der Waals surface area contributed by atoms with Crippen molar-refractivity contribution in [2.75, 3.05) is 34.3 Å². The van der Waals surface area contributed by atoms with Crippen molar-refractivity contribution in [3.8, 4) is 5.69 Å². The van der Waals surface area contributed by atoms with Crippen LogP contribution in [0.5, 0.6) is 0 Å². The number of imidazole rings is 1. The predicted molar refractivity (Wildman–Crippen MR) is 171 cm³/mol. The zero-order chi connectivity index (χ0) is 35.8. The highest BCUT2D eigenvalue weighted by molar-refractivity contribution is 6.32. The molecule has 18 heteroatoms. The fraction of sp³-hybridized carbons (Fsp3) is 0.438. The van der Waals surface area contributed by atoms with Crippen LogP contribution in [0.15, 0.2) is 55.5 Å². The van der Waals surface area contributed by atoms with Crippen LogP contribution in [0.2, 0.25) is 5.02 Å². The molecule has 6 rings (SSSR count). The van der Waals surface area contributed by atoms with Crippen LogP contribution in [0.1, 0.15) is 49.3 Å². The van der Waals surface area contributed by atoms with E-state index >= 15 is 0 Å². The standard InChI is InChI=1S/C32H32ClF6N9O2/c1-2-23-12-24(17-47(23)27-26(33)15-43-30(44-27)45-6-3-20(4-7-45)28(49)50)48(29-41-13-25(14-42-29)46-8-5-40-18-46)16-19-9-21(31(34,35)36)11-22(10-19)32(37,38)39/h5,8-11,13-15,18,20,23-24H,2-4,6-7,12,16-17H2,1H3,(H,49,50)/t23-,24+/m1/s1. The highest BCUT2D eigenvalue weighted by atomic mass is 35.5. The van der Waals surface area contributed by atoms with Crippen molar-refractivity contribution < 1.29 is 36.2 Å². The molecule has 0 saturated carbocycles. The number of halogens is 7. The molecule has 2 atom stereocenters. The number of carbonyl (C=O) groups is 1. The molecule has 1 N–H and O–H groups in total. The van der Waals surface area contributed by atoms with Gasteiger partial charge in [0.15, 0.2) is 5.82 Å². The van der Waals surface area contributed by atoms with E-state index in [1.54, 1.807) is 21.9 Å². The third-order valence-electron chi connectivity index (χ3n) is 9.10. The molecule has 4 aromatic rings. The minimum Gasteiger partial charge on any atom is -0.481 e. The lowest BCUT2D eigenvalue weighted by atomic mass is 9.97. The van der Waals surface area contributed by atoms with Gasteiger partial charge in [-0.25, -0.2) is 19.9 Å². The third-order valence-corrected chi connectivity index (χ3v) is 9.37. The second kappa shape index (κ2) is 13.9. The summed E-state index contributed by atoms with van der Waals surface area (Å²) in [5.41, 5.74) is -2.48. The normalized spacial score (nSPS) is 18.9. The van der Waals surface area contributed by atoms with Crippen molar-refractivity contribution in [2.45, 2.75) is 63.6 Å². The lowest BCUT2D eigenvalue weighted by Gasteiger charge is -2.32. The lowest BCUT2D eigenvalue weighted by molar-refractivity contribution is -0.144. The van der Waals surface area contributed by atoms with Gasteiger partial charge >= 0.3 is 18.3 Å². The molecule has 2 aliphatic rings. The quantitative estimate of drug-likeness (QED) is 0.192. The number of anilines is 3. The van der Waals surface area contributed by atoms with Gasteiger partial charge in [-0.2, -0.15) is 31.3 Å². The van der Waals surface area contributed by atoms with Crippen molar-refractivity contribution in [3.63, 3.8) is 0 Å². The van der Waals surface area contributed by atoms with Gasteiger partial charge < -0.3 is 24.4 Å². The van der Waals surface area contributed by atoms with E-state index in [-0.39, 0.29) is 41.7 Å². The SMILES string of the molecule is CC[C@@H]1C[C@H](N(Cc2cc(C(F)(F)F)cc(C(F)(F)F)c2)c2ncc(-n3ccnc3)cn2)CN1c1nc(N2CCC(C(=O)O)CC2)ncc1Cl. The number of carboxylic acids is 1. The number of hydrogen-bond acceptors (Lipinski definition) is 9. The van der Waals surface area contributed by atoms with E-state index in [0.717, 1.165) is 0 Å². The Morgan fingerprint density at radius 3 is 2.22 bits per heavy atom. The number of hydrogen-bond donors (Lipinski definition) is 1. The van der Waals surface area contributed by atoms with Crippen molar-refractivity contribution in [3.05, 3.63) is 77.2 Å². The van der Waals surface area contributed by atoms with Crippen LogP contribution in [0.3, 0.4) is 0 Å². The first kappa shape index (κ1) is 35.2. The first-order valence-corrected chi connectivity index (χ1v) is 16.2. The average molecular weight is 724 g/mol. The van der Waals surface area contributed by atoms with Gasteiger partial charge in [-0.3, -0.25) is 4.79 Å². The van der Waals surface area contributed by atoms with Gasteiger partial charge in [-0.05, 0) is 49.4 Å². The summed E-state index contributed by atoms with van der Waals surface area (Å²) < 4.78 is 84.4. The molecule has 0 spiro atoms. The Hall–Kier alpha value is -4.67. The van der Waals surface area contributed by atoms with E-state index in [1.165, 1.54) is 24.9 Å². The van der Waals surface area contributed by atoms with Gasteiger partial charge in [-0.1, -0.05) is 18.5 Å². The maximum Gasteiger partial charge on any atom is 0.416 e. The summed E-state index contributed by atoms with van der Waals surface area (Å²) >= 11 is 6.64. The Balaban J connectivity index is 1.34. The van der Waals surface area contributed by atoms with Crippen molar-refractivity contribution in [1.29, 1.82) is 0 Å². The summed E-state index contributed by atoms with van der Waals surface area (Å²) in [6.45, 7) is 2.72. The van der Waals surface area contributed by atoms with Crippen LogP contribution in [0.25, 0.3) is 5.69 Å². The molecule has 0 unspecified atom stereocenters. The summed E-state index contributed by atoms with van der Waals surface area (Å²) in [4.78, 5) is 39.0. The molecule has 3 aromatic heterocycles. The van der Waals surface area contributed by atoms with E-state index < -0.39 is 41.4 Å². The van der Waals surface area contributed by atoms with E-state index in [1.807, 2.05) is 16.7 Å². The fourth-order valence-electron chi connectivity index (χ4n) is 6.47. The van der Waals surface area contributed by atoms with E-state index in [4.69, 9.17) is 16.6 Å². The highest BCUT2D eigenvalue weighted by Crippen LogP contribution is 2.39. The summed E-state index contributed by atoms with van der Waals surface area (Å²) in [5.74, 6) is -0.391. The first-order chi connectivity index (χ1) is 23.7. The predicted octanol–water partition coefficient (Wildman–Crippen LogP) is 6.51. The van der Waals surface area contributed by atoms with Gasteiger partial charge in [0.1, 0.15) is 5.02 Å². The fourth-order valence-corrected chi connectivity index (χ4v) is 6.67.